The topological polar surface area (TPSA) is 75.4 Å². The second kappa shape index (κ2) is 8.60. The van der Waals surface area contributed by atoms with Crippen LogP contribution in [0.1, 0.15) is 41.6 Å². The van der Waals surface area contributed by atoms with Gasteiger partial charge < -0.3 is 14.2 Å². The first-order valence-corrected chi connectivity index (χ1v) is 10.2. The number of alkyl halides is 3. The van der Waals surface area contributed by atoms with Crippen molar-refractivity contribution in [3.05, 3.63) is 59.6 Å². The quantitative estimate of drug-likeness (QED) is 0.598. The van der Waals surface area contributed by atoms with Crippen LogP contribution in [-0.4, -0.2) is 52.2 Å². The molecule has 7 nitrogen and oxygen atoms in total. The molecule has 3 heterocycles. The Kier molecular flexibility index (Phi) is 5.86. The standard InChI is InChI=1S/C22H22F3N5O2/c1-14(2)19-27-28-20(32-19)17-4-3-9-26-18(17)29-10-12-30(13-11-29)21(31)15-5-7-16(8-6-15)22(23,24)25/h3-9,14H,10-13H2,1-2H3. The zero-order valence-corrected chi connectivity index (χ0v) is 17.6. The Morgan fingerprint density at radius 3 is 2.31 bits per heavy atom. The molecule has 168 valence electrons. The van der Waals surface area contributed by atoms with E-state index in [9.17, 15) is 18.0 Å². The highest BCUT2D eigenvalue weighted by Crippen LogP contribution is 2.31. The number of piperazine rings is 1. The van der Waals surface area contributed by atoms with Crippen LogP contribution in [0, 0.1) is 0 Å². The van der Waals surface area contributed by atoms with E-state index in [0.29, 0.717) is 43.8 Å². The summed E-state index contributed by atoms with van der Waals surface area (Å²) < 4.78 is 44.0. The van der Waals surface area contributed by atoms with E-state index in [1.165, 1.54) is 12.1 Å². The average Bonchev–Trinajstić information content (AvgIpc) is 3.29. The summed E-state index contributed by atoms with van der Waals surface area (Å²) in [4.78, 5) is 20.9. The summed E-state index contributed by atoms with van der Waals surface area (Å²) in [5, 5.41) is 8.22. The number of hydrogen-bond donors (Lipinski definition) is 0. The molecule has 1 aliphatic rings. The van der Waals surface area contributed by atoms with E-state index in [-0.39, 0.29) is 17.4 Å². The highest BCUT2D eigenvalue weighted by molar-refractivity contribution is 5.94. The molecule has 10 heteroatoms. The van der Waals surface area contributed by atoms with Crippen molar-refractivity contribution in [3.8, 4) is 11.5 Å². The number of benzene rings is 1. The van der Waals surface area contributed by atoms with Crippen LogP contribution < -0.4 is 4.90 Å². The molecule has 0 bridgehead atoms. The maximum absolute atomic E-state index is 12.8. The molecule has 4 rings (SSSR count). The van der Waals surface area contributed by atoms with Gasteiger partial charge in [-0.2, -0.15) is 13.2 Å². The maximum atomic E-state index is 12.8. The number of pyridine rings is 1. The molecule has 1 aromatic carbocycles. The molecule has 0 N–H and O–H groups in total. The second-order valence-electron chi connectivity index (χ2n) is 7.83. The van der Waals surface area contributed by atoms with Gasteiger partial charge in [-0.1, -0.05) is 13.8 Å². The predicted molar refractivity (Wildman–Crippen MR) is 111 cm³/mol. The van der Waals surface area contributed by atoms with Gasteiger partial charge in [0.2, 0.25) is 5.89 Å². The van der Waals surface area contributed by atoms with E-state index in [1.54, 1.807) is 17.2 Å². The molecule has 0 saturated carbocycles. The predicted octanol–water partition coefficient (Wildman–Crippen LogP) is 4.24. The van der Waals surface area contributed by atoms with Crippen LogP contribution in [0.3, 0.4) is 0 Å². The number of halogens is 3. The molecule has 32 heavy (non-hydrogen) atoms. The van der Waals surface area contributed by atoms with Crippen molar-refractivity contribution < 1.29 is 22.4 Å². The largest absolute Gasteiger partial charge is 0.420 e. The number of anilines is 1. The molecule has 2 aromatic heterocycles. The van der Waals surface area contributed by atoms with Crippen LogP contribution in [0.4, 0.5) is 19.0 Å². The van der Waals surface area contributed by atoms with Crippen molar-refractivity contribution in [3.63, 3.8) is 0 Å². The van der Waals surface area contributed by atoms with E-state index in [4.69, 9.17) is 4.42 Å². The van der Waals surface area contributed by atoms with Crippen molar-refractivity contribution in [1.82, 2.24) is 20.1 Å². The summed E-state index contributed by atoms with van der Waals surface area (Å²) in [5.74, 6) is 1.43. The molecule has 1 fully saturated rings. The summed E-state index contributed by atoms with van der Waals surface area (Å²) in [6.07, 6.45) is -2.75. The molecule has 0 unspecified atom stereocenters. The van der Waals surface area contributed by atoms with Gasteiger partial charge in [-0.15, -0.1) is 10.2 Å². The van der Waals surface area contributed by atoms with Gasteiger partial charge in [0, 0.05) is 43.9 Å². The third-order valence-electron chi connectivity index (χ3n) is 5.28. The fourth-order valence-corrected chi connectivity index (χ4v) is 3.50. The van der Waals surface area contributed by atoms with Crippen molar-refractivity contribution in [2.75, 3.05) is 31.1 Å². The Morgan fingerprint density at radius 2 is 1.72 bits per heavy atom. The number of hydrogen-bond acceptors (Lipinski definition) is 6. The summed E-state index contributed by atoms with van der Waals surface area (Å²) >= 11 is 0. The molecule has 1 aliphatic heterocycles. The van der Waals surface area contributed by atoms with Gasteiger partial charge >= 0.3 is 6.18 Å². The Hall–Kier alpha value is -3.43. The summed E-state index contributed by atoms with van der Waals surface area (Å²) in [7, 11) is 0. The Balaban J connectivity index is 1.46. The number of rotatable bonds is 4. The number of nitrogens with zero attached hydrogens (tertiary/aromatic N) is 5. The lowest BCUT2D eigenvalue weighted by Gasteiger charge is -2.36. The fourth-order valence-electron chi connectivity index (χ4n) is 3.50. The maximum Gasteiger partial charge on any atom is 0.416 e. The van der Waals surface area contributed by atoms with E-state index in [1.807, 2.05) is 24.8 Å². The van der Waals surface area contributed by atoms with Gasteiger partial charge in [-0.3, -0.25) is 4.79 Å². The molecule has 1 saturated heterocycles. The molecular formula is C22H22F3N5O2. The summed E-state index contributed by atoms with van der Waals surface area (Å²) in [6.45, 7) is 5.79. The van der Waals surface area contributed by atoms with Gasteiger partial charge in [0.1, 0.15) is 5.82 Å². The zero-order valence-electron chi connectivity index (χ0n) is 17.6. The number of aromatic nitrogens is 3. The van der Waals surface area contributed by atoms with Crippen LogP contribution in [0.15, 0.2) is 47.0 Å². The highest BCUT2D eigenvalue weighted by Gasteiger charge is 2.31. The molecule has 0 radical (unpaired) electrons. The van der Waals surface area contributed by atoms with Crippen molar-refractivity contribution in [1.29, 1.82) is 0 Å². The van der Waals surface area contributed by atoms with Gasteiger partial charge in [0.15, 0.2) is 0 Å². The van der Waals surface area contributed by atoms with E-state index in [0.717, 1.165) is 17.7 Å². The van der Waals surface area contributed by atoms with Crippen molar-refractivity contribution >= 4 is 11.7 Å². The first-order valence-electron chi connectivity index (χ1n) is 10.2. The van der Waals surface area contributed by atoms with Crippen LogP contribution in [-0.2, 0) is 6.18 Å². The summed E-state index contributed by atoms with van der Waals surface area (Å²) in [5.41, 5.74) is 0.176. The summed E-state index contributed by atoms with van der Waals surface area (Å²) in [6, 6.07) is 7.95. The van der Waals surface area contributed by atoms with Crippen LogP contribution >= 0.6 is 0 Å². The third-order valence-corrected chi connectivity index (χ3v) is 5.28. The third kappa shape index (κ3) is 4.44. The number of amides is 1. The smallest absolute Gasteiger partial charge is 0.416 e. The fraction of sp³-hybridized carbons (Fsp3) is 0.364. The van der Waals surface area contributed by atoms with Crippen LogP contribution in [0.2, 0.25) is 0 Å². The monoisotopic (exact) mass is 445 g/mol. The van der Waals surface area contributed by atoms with Gasteiger partial charge in [0.25, 0.3) is 11.8 Å². The molecular weight excluding hydrogens is 423 g/mol. The SMILES string of the molecule is CC(C)c1nnc(-c2cccnc2N2CCN(C(=O)c3ccc(C(F)(F)F)cc3)CC2)o1. The lowest BCUT2D eigenvalue weighted by molar-refractivity contribution is -0.137. The minimum atomic E-state index is -4.43. The zero-order chi connectivity index (χ0) is 22.9. The number of carbonyl (C=O) groups excluding carboxylic acids is 1. The molecule has 0 aliphatic carbocycles. The van der Waals surface area contributed by atoms with E-state index in [2.05, 4.69) is 15.2 Å². The minimum Gasteiger partial charge on any atom is -0.420 e. The van der Waals surface area contributed by atoms with Crippen LogP contribution in [0.5, 0.6) is 0 Å². The van der Waals surface area contributed by atoms with E-state index >= 15 is 0 Å². The van der Waals surface area contributed by atoms with Gasteiger partial charge in [-0.05, 0) is 36.4 Å². The normalized spacial score (nSPS) is 14.8. The molecule has 1 amide bonds. The van der Waals surface area contributed by atoms with Crippen LogP contribution in [0.25, 0.3) is 11.5 Å². The Morgan fingerprint density at radius 1 is 1.03 bits per heavy atom. The van der Waals surface area contributed by atoms with E-state index < -0.39 is 11.7 Å². The highest BCUT2D eigenvalue weighted by atomic mass is 19.4. The number of carbonyl (C=O) groups is 1. The average molecular weight is 445 g/mol. The second-order valence-corrected chi connectivity index (χ2v) is 7.83. The lowest BCUT2D eigenvalue weighted by atomic mass is 10.1. The minimum absolute atomic E-state index is 0.108. The molecule has 0 spiro atoms. The van der Waals surface area contributed by atoms with Gasteiger partial charge in [0.05, 0.1) is 11.1 Å². The Bertz CT molecular complexity index is 1090. The molecule has 0 atom stereocenters. The van der Waals surface area contributed by atoms with Crippen molar-refractivity contribution in [2.45, 2.75) is 25.9 Å². The van der Waals surface area contributed by atoms with Crippen molar-refractivity contribution in [2.24, 2.45) is 0 Å². The lowest BCUT2D eigenvalue weighted by Crippen LogP contribution is -2.49. The molecule has 3 aromatic rings. The first kappa shape index (κ1) is 21.8. The first-order chi connectivity index (χ1) is 15.2. The van der Waals surface area contributed by atoms with Gasteiger partial charge in [-0.25, -0.2) is 4.98 Å². The Labute approximate surface area is 182 Å².